The van der Waals surface area contributed by atoms with Crippen LogP contribution in [0.15, 0.2) is 36.4 Å². The van der Waals surface area contributed by atoms with Crippen LogP contribution in [-0.4, -0.2) is 13.1 Å². The predicted octanol–water partition coefficient (Wildman–Crippen LogP) is 3.65. The van der Waals surface area contributed by atoms with Crippen LogP contribution >= 0.6 is 12.4 Å². The minimum atomic E-state index is 0. The Kier molecular flexibility index (Phi) is 3.70. The van der Waals surface area contributed by atoms with E-state index in [1.165, 1.54) is 28.3 Å². The predicted molar refractivity (Wildman–Crippen MR) is 76.2 cm³/mol. The van der Waals surface area contributed by atoms with E-state index in [0.717, 1.165) is 13.1 Å². The van der Waals surface area contributed by atoms with Crippen molar-refractivity contribution in [1.29, 1.82) is 0 Å². The molecule has 1 saturated heterocycles. The van der Waals surface area contributed by atoms with Gasteiger partial charge in [0.15, 0.2) is 0 Å². The maximum absolute atomic E-state index is 3.45. The van der Waals surface area contributed by atoms with Gasteiger partial charge in [-0.2, -0.15) is 0 Å². The lowest BCUT2D eigenvalue weighted by Crippen LogP contribution is -2.08. The second-order valence-electron chi connectivity index (χ2n) is 4.71. The number of halogens is 1. The molecule has 17 heavy (non-hydrogen) atoms. The molecule has 1 unspecified atom stereocenters. The van der Waals surface area contributed by atoms with Gasteiger partial charge in [-0.25, -0.2) is 0 Å². The molecule has 0 bridgehead atoms. The van der Waals surface area contributed by atoms with Gasteiger partial charge < -0.3 is 5.32 Å². The van der Waals surface area contributed by atoms with E-state index in [1.807, 2.05) is 0 Å². The van der Waals surface area contributed by atoms with Crippen molar-refractivity contribution in [1.82, 2.24) is 5.32 Å². The summed E-state index contributed by atoms with van der Waals surface area (Å²) >= 11 is 0. The molecule has 1 N–H and O–H groups in total. The van der Waals surface area contributed by atoms with Gasteiger partial charge in [0.2, 0.25) is 0 Å². The van der Waals surface area contributed by atoms with Crippen molar-refractivity contribution in [2.45, 2.75) is 19.3 Å². The van der Waals surface area contributed by atoms with E-state index in [2.05, 4.69) is 48.6 Å². The molecule has 1 aliphatic heterocycles. The van der Waals surface area contributed by atoms with Crippen LogP contribution in [0.2, 0.25) is 0 Å². The van der Waals surface area contributed by atoms with E-state index in [1.54, 1.807) is 0 Å². The zero-order chi connectivity index (χ0) is 11.0. The van der Waals surface area contributed by atoms with Crippen molar-refractivity contribution in [2.75, 3.05) is 13.1 Å². The Morgan fingerprint density at radius 1 is 1.06 bits per heavy atom. The molecule has 1 heterocycles. The molecule has 0 amide bonds. The molecule has 2 aromatic rings. The third kappa shape index (κ3) is 2.18. The second-order valence-corrected chi connectivity index (χ2v) is 4.71. The summed E-state index contributed by atoms with van der Waals surface area (Å²) in [5.41, 5.74) is 2.90. The zero-order valence-corrected chi connectivity index (χ0v) is 10.9. The standard InChI is InChI=1S/C15H17N.ClH/c1-11-6-7-14(12-8-9-16-10-12)15-5-3-2-4-13(11)15;/h2-7,12,16H,8-10H2,1H3;1H. The zero-order valence-electron chi connectivity index (χ0n) is 10.1. The molecular formula is C15H18ClN. The summed E-state index contributed by atoms with van der Waals surface area (Å²) in [5, 5.41) is 6.30. The third-order valence-electron chi connectivity index (χ3n) is 3.68. The van der Waals surface area contributed by atoms with E-state index in [0.29, 0.717) is 5.92 Å². The van der Waals surface area contributed by atoms with Gasteiger partial charge in [-0.3, -0.25) is 0 Å². The number of fused-ring (bicyclic) bond motifs is 1. The van der Waals surface area contributed by atoms with Crippen molar-refractivity contribution >= 4 is 23.2 Å². The molecule has 0 spiro atoms. The van der Waals surface area contributed by atoms with Crippen molar-refractivity contribution in [3.63, 3.8) is 0 Å². The molecular weight excluding hydrogens is 230 g/mol. The highest BCUT2D eigenvalue weighted by Gasteiger charge is 2.18. The van der Waals surface area contributed by atoms with Crippen LogP contribution < -0.4 is 5.32 Å². The molecule has 1 atom stereocenters. The molecule has 2 aromatic carbocycles. The second kappa shape index (κ2) is 5.07. The molecule has 1 nitrogen and oxygen atoms in total. The first-order chi connectivity index (χ1) is 7.86. The first-order valence-corrected chi connectivity index (χ1v) is 6.05. The normalized spacial score (nSPS) is 19.2. The van der Waals surface area contributed by atoms with Crippen molar-refractivity contribution in [3.05, 3.63) is 47.5 Å². The molecule has 0 radical (unpaired) electrons. The number of nitrogens with one attached hydrogen (secondary N) is 1. The van der Waals surface area contributed by atoms with E-state index >= 15 is 0 Å². The number of aryl methyl sites for hydroxylation is 1. The highest BCUT2D eigenvalue weighted by atomic mass is 35.5. The Balaban J connectivity index is 0.00000108. The number of rotatable bonds is 1. The number of hydrogen-bond donors (Lipinski definition) is 1. The van der Waals surface area contributed by atoms with Crippen LogP contribution in [0.1, 0.15) is 23.5 Å². The van der Waals surface area contributed by atoms with Gasteiger partial charge in [0.1, 0.15) is 0 Å². The fourth-order valence-electron chi connectivity index (χ4n) is 2.75. The summed E-state index contributed by atoms with van der Waals surface area (Å²) in [4.78, 5) is 0. The van der Waals surface area contributed by atoms with Crippen molar-refractivity contribution in [3.8, 4) is 0 Å². The molecule has 1 aliphatic rings. The highest BCUT2D eigenvalue weighted by Crippen LogP contribution is 2.30. The van der Waals surface area contributed by atoms with Crippen LogP contribution in [0.5, 0.6) is 0 Å². The topological polar surface area (TPSA) is 12.0 Å². The lowest BCUT2D eigenvalue weighted by molar-refractivity contribution is 0.770. The highest BCUT2D eigenvalue weighted by molar-refractivity contribution is 5.89. The Labute approximate surface area is 109 Å². The van der Waals surface area contributed by atoms with E-state index in [-0.39, 0.29) is 12.4 Å². The van der Waals surface area contributed by atoms with Gasteiger partial charge >= 0.3 is 0 Å². The first-order valence-electron chi connectivity index (χ1n) is 6.05. The van der Waals surface area contributed by atoms with Crippen LogP contribution in [-0.2, 0) is 0 Å². The summed E-state index contributed by atoms with van der Waals surface area (Å²) in [6.07, 6.45) is 1.27. The Morgan fingerprint density at radius 3 is 2.53 bits per heavy atom. The summed E-state index contributed by atoms with van der Waals surface area (Å²) in [5.74, 6) is 0.700. The molecule has 2 heteroatoms. The summed E-state index contributed by atoms with van der Waals surface area (Å²) in [7, 11) is 0. The van der Waals surface area contributed by atoms with Crippen LogP contribution in [0, 0.1) is 6.92 Å². The Bertz CT molecular complexity index is 515. The maximum Gasteiger partial charge on any atom is 0.00208 e. The monoisotopic (exact) mass is 247 g/mol. The van der Waals surface area contributed by atoms with E-state index < -0.39 is 0 Å². The average molecular weight is 248 g/mol. The molecule has 90 valence electrons. The smallest absolute Gasteiger partial charge is 0.00208 e. The van der Waals surface area contributed by atoms with Gasteiger partial charge in [0, 0.05) is 6.54 Å². The maximum atomic E-state index is 3.45. The van der Waals surface area contributed by atoms with Gasteiger partial charge in [0.25, 0.3) is 0 Å². The van der Waals surface area contributed by atoms with Crippen LogP contribution in [0.3, 0.4) is 0 Å². The van der Waals surface area contributed by atoms with Gasteiger partial charge in [0.05, 0.1) is 0 Å². The number of benzene rings is 2. The molecule has 0 saturated carbocycles. The van der Waals surface area contributed by atoms with Crippen molar-refractivity contribution < 1.29 is 0 Å². The quantitative estimate of drug-likeness (QED) is 0.811. The van der Waals surface area contributed by atoms with Gasteiger partial charge in [-0.1, -0.05) is 36.4 Å². The van der Waals surface area contributed by atoms with Crippen LogP contribution in [0.25, 0.3) is 10.8 Å². The van der Waals surface area contributed by atoms with Crippen molar-refractivity contribution in [2.24, 2.45) is 0 Å². The lowest BCUT2D eigenvalue weighted by atomic mass is 9.91. The minimum Gasteiger partial charge on any atom is -0.316 e. The summed E-state index contributed by atoms with van der Waals surface area (Å²) in [6, 6.07) is 13.3. The Morgan fingerprint density at radius 2 is 1.82 bits per heavy atom. The minimum absolute atomic E-state index is 0. The SMILES string of the molecule is Cc1ccc(C2CCNC2)c2ccccc12.Cl. The summed E-state index contributed by atoms with van der Waals surface area (Å²) < 4.78 is 0. The molecule has 0 aromatic heterocycles. The van der Waals surface area contributed by atoms with E-state index in [4.69, 9.17) is 0 Å². The molecule has 1 fully saturated rings. The third-order valence-corrected chi connectivity index (χ3v) is 3.68. The average Bonchev–Trinajstić information content (AvgIpc) is 2.83. The first kappa shape index (κ1) is 12.4. The van der Waals surface area contributed by atoms with Gasteiger partial charge in [-0.05, 0) is 47.7 Å². The van der Waals surface area contributed by atoms with E-state index in [9.17, 15) is 0 Å². The Hall–Kier alpha value is -1.05. The van der Waals surface area contributed by atoms with Gasteiger partial charge in [-0.15, -0.1) is 12.4 Å². The summed E-state index contributed by atoms with van der Waals surface area (Å²) in [6.45, 7) is 4.49. The largest absolute Gasteiger partial charge is 0.316 e. The number of hydrogen-bond acceptors (Lipinski definition) is 1. The fourth-order valence-corrected chi connectivity index (χ4v) is 2.75. The lowest BCUT2D eigenvalue weighted by Gasteiger charge is -2.13. The fraction of sp³-hybridized carbons (Fsp3) is 0.333. The molecule has 0 aliphatic carbocycles. The molecule has 3 rings (SSSR count). The van der Waals surface area contributed by atoms with Crippen LogP contribution in [0.4, 0.5) is 0 Å².